The van der Waals surface area contributed by atoms with Crippen LogP contribution < -0.4 is 10.5 Å². The maximum absolute atomic E-state index is 5.73. The Morgan fingerprint density at radius 3 is 3.00 bits per heavy atom. The number of ether oxygens (including phenoxy) is 1. The van der Waals surface area contributed by atoms with Crippen LogP contribution in [0, 0.1) is 0 Å². The van der Waals surface area contributed by atoms with Gasteiger partial charge in [-0.2, -0.15) is 4.98 Å². The Morgan fingerprint density at radius 2 is 2.33 bits per heavy atom. The Hall–Kier alpha value is -1.59. The summed E-state index contributed by atoms with van der Waals surface area (Å²) in [6.45, 7) is 0.306. The van der Waals surface area contributed by atoms with Crippen molar-refractivity contribution in [2.45, 2.75) is 6.54 Å². The molecule has 15 heavy (non-hydrogen) atoms. The van der Waals surface area contributed by atoms with Gasteiger partial charge in [-0.1, -0.05) is 11.6 Å². The summed E-state index contributed by atoms with van der Waals surface area (Å²) in [4.78, 5) is 7.83. The molecule has 2 aromatic rings. The highest BCUT2D eigenvalue weighted by Crippen LogP contribution is 2.22. The molecule has 0 aromatic carbocycles. The largest absolute Gasteiger partial charge is 0.417 e. The summed E-state index contributed by atoms with van der Waals surface area (Å²) in [5.74, 6) is 0.466. The second-order valence-electron chi connectivity index (χ2n) is 2.75. The molecule has 0 atom stereocenters. The van der Waals surface area contributed by atoms with E-state index in [1.54, 1.807) is 6.07 Å². The maximum atomic E-state index is 5.73. The van der Waals surface area contributed by atoms with Crippen LogP contribution in [0.3, 0.4) is 0 Å². The standard InChI is InChI=1S/C9H8ClN3O2/c10-6-1-8(4-12-3-6)15-9-13-7(2-11)5-14-9/h1,3-5H,2,11H2. The number of nitrogens with zero attached hydrogens (tertiary/aromatic N) is 2. The van der Waals surface area contributed by atoms with Gasteiger partial charge < -0.3 is 14.9 Å². The molecule has 0 fully saturated rings. The van der Waals surface area contributed by atoms with Gasteiger partial charge >= 0.3 is 6.08 Å². The van der Waals surface area contributed by atoms with Crippen molar-refractivity contribution in [1.29, 1.82) is 0 Å². The van der Waals surface area contributed by atoms with E-state index >= 15 is 0 Å². The topological polar surface area (TPSA) is 74.2 Å². The molecule has 0 unspecified atom stereocenters. The third kappa shape index (κ3) is 2.45. The second-order valence-corrected chi connectivity index (χ2v) is 3.19. The third-order valence-electron chi connectivity index (χ3n) is 1.62. The average molecular weight is 226 g/mol. The summed E-state index contributed by atoms with van der Waals surface area (Å²) in [7, 11) is 0. The molecule has 0 aliphatic heterocycles. The summed E-state index contributed by atoms with van der Waals surface area (Å²) in [5, 5.41) is 0.484. The molecule has 78 valence electrons. The molecule has 0 bridgehead atoms. The van der Waals surface area contributed by atoms with Gasteiger partial charge in [0, 0.05) is 18.8 Å². The second kappa shape index (κ2) is 4.29. The van der Waals surface area contributed by atoms with Gasteiger partial charge in [-0.25, -0.2) is 0 Å². The average Bonchev–Trinajstić information content (AvgIpc) is 2.65. The van der Waals surface area contributed by atoms with Gasteiger partial charge in [0.05, 0.1) is 16.9 Å². The van der Waals surface area contributed by atoms with Crippen LogP contribution >= 0.6 is 11.6 Å². The minimum absolute atomic E-state index is 0.125. The van der Waals surface area contributed by atoms with E-state index in [1.165, 1.54) is 18.7 Å². The molecule has 2 heterocycles. The molecule has 0 aliphatic carbocycles. The van der Waals surface area contributed by atoms with Crippen molar-refractivity contribution in [3.63, 3.8) is 0 Å². The lowest BCUT2D eigenvalue weighted by Crippen LogP contribution is -1.95. The Bertz CT molecular complexity index is 458. The molecule has 0 spiro atoms. The first kappa shape index (κ1) is 9.95. The fraction of sp³-hybridized carbons (Fsp3) is 0.111. The summed E-state index contributed by atoms with van der Waals surface area (Å²) in [5.41, 5.74) is 5.99. The van der Waals surface area contributed by atoms with Gasteiger partial charge in [0.25, 0.3) is 0 Å². The van der Waals surface area contributed by atoms with Gasteiger partial charge in [0.2, 0.25) is 0 Å². The molecule has 5 nitrogen and oxygen atoms in total. The van der Waals surface area contributed by atoms with Crippen molar-refractivity contribution < 1.29 is 9.15 Å². The van der Waals surface area contributed by atoms with Crippen molar-refractivity contribution in [2.24, 2.45) is 5.73 Å². The van der Waals surface area contributed by atoms with Gasteiger partial charge in [0.1, 0.15) is 6.26 Å². The van der Waals surface area contributed by atoms with Gasteiger partial charge in [-0.15, -0.1) is 0 Å². The fourth-order valence-electron chi connectivity index (χ4n) is 0.978. The first-order valence-electron chi connectivity index (χ1n) is 4.21. The Labute approximate surface area is 90.8 Å². The molecular formula is C9H8ClN3O2. The quantitative estimate of drug-likeness (QED) is 0.865. The first-order chi connectivity index (χ1) is 7.28. The van der Waals surface area contributed by atoms with Crippen molar-refractivity contribution in [3.05, 3.63) is 35.4 Å². The van der Waals surface area contributed by atoms with E-state index in [4.69, 9.17) is 26.5 Å². The van der Waals surface area contributed by atoms with Crippen molar-refractivity contribution in [2.75, 3.05) is 0 Å². The van der Waals surface area contributed by atoms with E-state index in [0.717, 1.165) is 0 Å². The number of aromatic nitrogens is 2. The molecule has 2 rings (SSSR count). The Balaban J connectivity index is 2.14. The molecule has 2 N–H and O–H groups in total. The van der Waals surface area contributed by atoms with E-state index < -0.39 is 0 Å². The van der Waals surface area contributed by atoms with Gasteiger partial charge in [-0.05, 0) is 0 Å². The monoisotopic (exact) mass is 225 g/mol. The summed E-state index contributed by atoms with van der Waals surface area (Å²) >= 11 is 5.73. The van der Waals surface area contributed by atoms with Crippen LogP contribution in [0.15, 0.2) is 29.1 Å². The molecule has 0 aliphatic rings. The molecule has 0 saturated heterocycles. The highest BCUT2D eigenvalue weighted by molar-refractivity contribution is 6.30. The van der Waals surface area contributed by atoms with Crippen molar-refractivity contribution in [3.8, 4) is 11.8 Å². The summed E-state index contributed by atoms with van der Waals surface area (Å²) in [6, 6.07) is 1.61. The number of pyridine rings is 1. The summed E-state index contributed by atoms with van der Waals surface area (Å²) < 4.78 is 10.3. The smallest absolute Gasteiger partial charge is 0.399 e. The lowest BCUT2D eigenvalue weighted by Gasteiger charge is -1.98. The number of hydrogen-bond donors (Lipinski definition) is 1. The van der Waals surface area contributed by atoms with Crippen LogP contribution in [0.4, 0.5) is 0 Å². The van der Waals surface area contributed by atoms with Crippen LogP contribution in [0.25, 0.3) is 0 Å². The zero-order valence-electron chi connectivity index (χ0n) is 7.68. The predicted octanol–water partition coefficient (Wildman–Crippen LogP) is 1.97. The SMILES string of the molecule is NCc1coc(Oc2cncc(Cl)c2)n1. The highest BCUT2D eigenvalue weighted by atomic mass is 35.5. The fourth-order valence-corrected chi connectivity index (χ4v) is 1.14. The van der Waals surface area contributed by atoms with Gasteiger partial charge in [0.15, 0.2) is 5.75 Å². The van der Waals surface area contributed by atoms with Crippen LogP contribution in [-0.4, -0.2) is 9.97 Å². The number of nitrogens with two attached hydrogens (primary N) is 1. The van der Waals surface area contributed by atoms with Crippen molar-refractivity contribution >= 4 is 11.6 Å². The van der Waals surface area contributed by atoms with Crippen LogP contribution in [0.2, 0.25) is 5.02 Å². The molecule has 6 heteroatoms. The van der Waals surface area contributed by atoms with Crippen LogP contribution in [0.5, 0.6) is 11.8 Å². The first-order valence-corrected chi connectivity index (χ1v) is 4.58. The number of halogens is 1. The number of hydrogen-bond acceptors (Lipinski definition) is 5. The lowest BCUT2D eigenvalue weighted by atomic mass is 10.5. The van der Waals surface area contributed by atoms with Crippen LogP contribution in [0.1, 0.15) is 5.69 Å². The molecule has 0 saturated carbocycles. The minimum Gasteiger partial charge on any atom is -0.417 e. The minimum atomic E-state index is 0.125. The molecule has 0 amide bonds. The maximum Gasteiger partial charge on any atom is 0.399 e. The molecule has 2 aromatic heterocycles. The molecular weight excluding hydrogens is 218 g/mol. The zero-order chi connectivity index (χ0) is 10.7. The van der Waals surface area contributed by atoms with E-state index in [0.29, 0.717) is 23.0 Å². The normalized spacial score (nSPS) is 10.3. The number of oxazole rings is 1. The molecule has 0 radical (unpaired) electrons. The zero-order valence-corrected chi connectivity index (χ0v) is 8.44. The van der Waals surface area contributed by atoms with Crippen LogP contribution in [-0.2, 0) is 6.54 Å². The van der Waals surface area contributed by atoms with Crippen molar-refractivity contribution in [1.82, 2.24) is 9.97 Å². The summed E-state index contributed by atoms with van der Waals surface area (Å²) in [6.07, 6.45) is 4.58. The third-order valence-corrected chi connectivity index (χ3v) is 1.83. The predicted molar refractivity (Wildman–Crippen MR) is 53.7 cm³/mol. The highest BCUT2D eigenvalue weighted by Gasteiger charge is 2.05. The number of rotatable bonds is 3. The van der Waals surface area contributed by atoms with E-state index in [9.17, 15) is 0 Å². The Kier molecular flexibility index (Phi) is 2.84. The van der Waals surface area contributed by atoms with E-state index in [1.807, 2.05) is 0 Å². The van der Waals surface area contributed by atoms with Gasteiger partial charge in [-0.3, -0.25) is 4.98 Å². The van der Waals surface area contributed by atoms with E-state index in [-0.39, 0.29) is 6.08 Å². The van der Waals surface area contributed by atoms with E-state index in [2.05, 4.69) is 9.97 Å². The lowest BCUT2D eigenvalue weighted by molar-refractivity contribution is 0.330. The Morgan fingerprint density at radius 1 is 1.47 bits per heavy atom.